The van der Waals surface area contributed by atoms with Crippen molar-refractivity contribution in [1.82, 2.24) is 9.97 Å². The van der Waals surface area contributed by atoms with Crippen LogP contribution in [-0.2, 0) is 0 Å². The topological polar surface area (TPSA) is 142 Å². The number of carbonyl (C=O) groups is 1. The molecule has 4 aromatic rings. The second-order valence-corrected chi connectivity index (χ2v) is 7.39. The van der Waals surface area contributed by atoms with Crippen LogP contribution in [0, 0.1) is 12.3 Å². The highest BCUT2D eigenvalue weighted by molar-refractivity contribution is 6.06. The molecule has 33 heavy (non-hydrogen) atoms. The fourth-order valence-electron chi connectivity index (χ4n) is 3.63. The maximum atomic E-state index is 13.8. The lowest BCUT2D eigenvalue weighted by Gasteiger charge is -2.19. The van der Waals surface area contributed by atoms with Crippen molar-refractivity contribution < 1.29 is 18.9 Å². The number of hydrogen-bond acceptors (Lipinski definition) is 7. The summed E-state index contributed by atoms with van der Waals surface area (Å²) in [5.74, 6) is -0.0885. The van der Waals surface area contributed by atoms with Gasteiger partial charge in [-0.3, -0.25) is 9.78 Å². The highest BCUT2D eigenvalue weighted by Crippen LogP contribution is 2.27. The summed E-state index contributed by atoms with van der Waals surface area (Å²) < 4.78 is 10.9. The van der Waals surface area contributed by atoms with Crippen molar-refractivity contribution in [2.24, 2.45) is 0 Å². The molecule has 0 saturated heterocycles. The van der Waals surface area contributed by atoms with Crippen LogP contribution in [0.1, 0.15) is 23.3 Å². The first-order valence-electron chi connectivity index (χ1n) is 10.5. The first-order chi connectivity index (χ1) is 16.0. The molecule has 0 fully saturated rings. The normalized spacial score (nSPS) is 12.6. The first-order valence-corrected chi connectivity index (χ1v) is 10.5. The molecule has 9 heteroatoms. The van der Waals surface area contributed by atoms with Crippen molar-refractivity contribution in [3.63, 3.8) is 0 Å². The summed E-state index contributed by atoms with van der Waals surface area (Å²) in [6.45, 7) is 4.32. The number of H-pyrrole nitrogens is 1. The number of rotatable bonds is 9. The van der Waals surface area contributed by atoms with Gasteiger partial charge in [0.25, 0.3) is 0 Å². The van der Waals surface area contributed by atoms with Crippen LogP contribution < -0.4 is 16.4 Å². The molecule has 1 unspecified atom stereocenters. The molecule has 0 bridgehead atoms. The minimum absolute atomic E-state index is 0.200. The van der Waals surface area contributed by atoms with Gasteiger partial charge in [0.15, 0.2) is 29.0 Å². The van der Waals surface area contributed by atoms with Crippen LogP contribution in [0.5, 0.6) is 0 Å². The maximum Gasteiger partial charge on any atom is 0.417 e. The Morgan fingerprint density at radius 3 is 2.76 bits per heavy atom. The minimum Gasteiger partial charge on any atom is -0.440 e. The predicted octanol–water partition coefficient (Wildman–Crippen LogP) is 2.86. The lowest BCUT2D eigenvalue weighted by molar-refractivity contribution is -0.604. The Morgan fingerprint density at radius 1 is 1.24 bits per heavy atom. The molecule has 2 heterocycles. The monoisotopic (exact) mass is 446 g/mol. The Morgan fingerprint density at radius 2 is 2.03 bits per heavy atom. The van der Waals surface area contributed by atoms with Gasteiger partial charge in [0, 0.05) is 36.5 Å². The molecule has 2 aromatic carbocycles. The molecule has 4 rings (SSSR count). The van der Waals surface area contributed by atoms with Crippen LogP contribution in [0.25, 0.3) is 22.4 Å². The largest absolute Gasteiger partial charge is 0.440 e. The van der Waals surface area contributed by atoms with Gasteiger partial charge in [-0.2, -0.15) is 0 Å². The molecule has 1 atom stereocenters. The van der Waals surface area contributed by atoms with Gasteiger partial charge in [-0.25, -0.2) is 9.78 Å². The molecule has 0 aliphatic carbocycles. The van der Waals surface area contributed by atoms with Gasteiger partial charge in [0.1, 0.15) is 5.70 Å². The fraction of sp³-hybridized carbons (Fsp3) is 0.167. The number of nitrogens with two attached hydrogens (primary N) is 1. The Labute approximate surface area is 189 Å². The number of aromatic nitrogens is 2. The van der Waals surface area contributed by atoms with E-state index in [1.807, 2.05) is 42.6 Å². The molecular weight excluding hydrogens is 422 g/mol. The minimum atomic E-state index is -0.846. The van der Waals surface area contributed by atoms with Crippen LogP contribution >= 0.6 is 0 Å². The van der Waals surface area contributed by atoms with Crippen molar-refractivity contribution >= 4 is 28.8 Å². The van der Waals surface area contributed by atoms with Crippen LogP contribution in [0.3, 0.4) is 0 Å². The summed E-state index contributed by atoms with van der Waals surface area (Å²) in [5.41, 5.74) is 3.06. The van der Waals surface area contributed by atoms with Gasteiger partial charge >= 0.3 is 5.76 Å². The highest BCUT2D eigenvalue weighted by atomic mass is 16.4. The summed E-state index contributed by atoms with van der Waals surface area (Å²) in [5, 5.41) is 12.7. The number of anilines is 1. The first kappa shape index (κ1) is 22.0. The lowest BCUT2D eigenvalue weighted by Crippen LogP contribution is -2.84. The number of hydrogen-bond donors (Lipinski definition) is 4. The van der Waals surface area contributed by atoms with E-state index in [1.54, 1.807) is 31.2 Å². The number of aromatic amines is 1. The zero-order valence-corrected chi connectivity index (χ0v) is 18.2. The standard InChI is InChI=1S/C24H23N5O4/c1-3-26-18(11-12-25)20(28-16-9-10-17-19(13-16)33-24(31)29-17)22(30)21-23(32-14(2)27-21)15-7-5-4-6-8-15/h4-13,20,25-26,28H,3H2,1-2H3,(H,29,31)/p+1/b18-11-,25-12?. The third-order valence-corrected chi connectivity index (χ3v) is 5.05. The van der Waals surface area contributed by atoms with E-state index >= 15 is 0 Å². The number of Topliss-reactive ketones (excluding diaryl/α,β-unsaturated/α-hetero) is 1. The van der Waals surface area contributed by atoms with Gasteiger partial charge in [-0.1, -0.05) is 30.3 Å². The fourth-order valence-corrected chi connectivity index (χ4v) is 3.63. The number of ketones is 1. The van der Waals surface area contributed by atoms with Gasteiger partial charge < -0.3 is 24.9 Å². The smallest absolute Gasteiger partial charge is 0.417 e. The molecule has 9 nitrogen and oxygen atoms in total. The van der Waals surface area contributed by atoms with Gasteiger partial charge in [-0.05, 0) is 19.1 Å². The third-order valence-electron chi connectivity index (χ3n) is 5.05. The van der Waals surface area contributed by atoms with Crippen molar-refractivity contribution in [2.75, 3.05) is 11.9 Å². The number of carbonyl (C=O) groups excluding carboxylic acids is 1. The molecule has 168 valence electrons. The average Bonchev–Trinajstić information content (AvgIpc) is 3.38. The van der Waals surface area contributed by atoms with Crippen LogP contribution in [0.4, 0.5) is 5.69 Å². The average molecular weight is 446 g/mol. The maximum absolute atomic E-state index is 13.8. The Hall–Kier alpha value is -4.24. The molecule has 0 aliphatic heterocycles. The number of nitrogens with one attached hydrogen (secondary N) is 3. The molecule has 0 saturated carbocycles. The summed E-state index contributed by atoms with van der Waals surface area (Å²) in [4.78, 5) is 32.3. The zero-order chi connectivity index (χ0) is 23.4. The molecule has 0 radical (unpaired) electrons. The Kier molecular flexibility index (Phi) is 6.32. The number of likely N-dealkylation sites (N-methyl/N-ethyl adjacent to an activating group) is 1. The summed E-state index contributed by atoms with van der Waals surface area (Å²) in [7, 11) is 0. The molecule has 0 amide bonds. The molecule has 0 spiro atoms. The zero-order valence-electron chi connectivity index (χ0n) is 18.2. The number of oxazole rings is 2. The van der Waals surface area contributed by atoms with E-state index in [2.05, 4.69) is 15.3 Å². The second kappa shape index (κ2) is 9.49. The van der Waals surface area contributed by atoms with Gasteiger partial charge in [0.05, 0.1) is 12.1 Å². The summed E-state index contributed by atoms with van der Waals surface area (Å²) in [6.07, 6.45) is 2.72. The van der Waals surface area contributed by atoms with E-state index in [9.17, 15) is 9.59 Å². The molecule has 2 aromatic heterocycles. The number of nitrogens with zero attached hydrogens (tertiary/aromatic N) is 1. The number of benzene rings is 2. The van der Waals surface area contributed by atoms with Crippen molar-refractivity contribution in [1.29, 1.82) is 5.41 Å². The molecule has 5 N–H and O–H groups in total. The Balaban J connectivity index is 1.78. The third kappa shape index (κ3) is 4.68. The predicted molar refractivity (Wildman–Crippen MR) is 125 cm³/mol. The van der Waals surface area contributed by atoms with Crippen LogP contribution in [-0.4, -0.2) is 34.6 Å². The summed E-state index contributed by atoms with van der Waals surface area (Å²) in [6, 6.07) is 13.6. The van der Waals surface area contributed by atoms with Crippen LogP contribution in [0.2, 0.25) is 0 Å². The van der Waals surface area contributed by atoms with E-state index in [0.717, 1.165) is 11.8 Å². The molecular formula is C24H24N5O4+. The van der Waals surface area contributed by atoms with Crippen LogP contribution in [0.15, 0.2) is 73.9 Å². The summed E-state index contributed by atoms with van der Waals surface area (Å²) >= 11 is 0. The van der Waals surface area contributed by atoms with E-state index in [-0.39, 0.29) is 11.5 Å². The molecule has 0 aliphatic rings. The van der Waals surface area contributed by atoms with E-state index in [1.165, 1.54) is 0 Å². The van der Waals surface area contributed by atoms with E-state index < -0.39 is 11.8 Å². The van der Waals surface area contributed by atoms with Crippen molar-refractivity contribution in [2.45, 2.75) is 19.9 Å². The van der Waals surface area contributed by atoms with Gasteiger partial charge in [0.2, 0.25) is 5.78 Å². The quantitative estimate of drug-likeness (QED) is 0.230. The number of allylic oxidation sites excluding steroid dienone is 1. The second-order valence-electron chi connectivity index (χ2n) is 7.39. The Bertz CT molecular complexity index is 1380. The number of aryl methyl sites for hydroxylation is 1. The highest BCUT2D eigenvalue weighted by Gasteiger charge is 2.32. The van der Waals surface area contributed by atoms with E-state index in [4.69, 9.17) is 14.2 Å². The van der Waals surface area contributed by atoms with Crippen molar-refractivity contribution in [3.05, 3.63) is 82.4 Å². The number of fused-ring (bicyclic) bond motifs is 1. The van der Waals surface area contributed by atoms with Crippen molar-refractivity contribution in [3.8, 4) is 11.3 Å². The lowest BCUT2D eigenvalue weighted by atomic mass is 10.0. The van der Waals surface area contributed by atoms with E-state index in [0.29, 0.717) is 40.7 Å². The SMILES string of the molecule is CC[NH2+]/C(=C\C=N)C(Nc1ccc2[nH]c(=O)oc2c1)C(=O)c1nc(C)oc1-c1ccccc1. The van der Waals surface area contributed by atoms with Gasteiger partial charge in [-0.15, -0.1) is 0 Å². The number of quaternary nitrogens is 1.